The van der Waals surface area contributed by atoms with E-state index in [2.05, 4.69) is 26.2 Å². The highest BCUT2D eigenvalue weighted by Crippen LogP contribution is 2.24. The molecule has 0 aliphatic rings. The Morgan fingerprint density at radius 1 is 1.28 bits per heavy atom. The van der Waals surface area contributed by atoms with Crippen molar-refractivity contribution < 1.29 is 4.39 Å². The molecule has 0 atom stereocenters. The minimum Gasteiger partial charge on any atom is -0.378 e. The van der Waals surface area contributed by atoms with E-state index in [4.69, 9.17) is 23.2 Å². The summed E-state index contributed by atoms with van der Waals surface area (Å²) in [4.78, 5) is 3.98. The van der Waals surface area contributed by atoms with E-state index >= 15 is 0 Å². The molecule has 0 unspecified atom stereocenters. The number of hydrogen-bond donors (Lipinski definition) is 1. The van der Waals surface area contributed by atoms with Crippen LogP contribution in [0.1, 0.15) is 5.56 Å². The summed E-state index contributed by atoms with van der Waals surface area (Å²) in [5, 5.41) is 3.56. The van der Waals surface area contributed by atoms with E-state index in [9.17, 15) is 4.39 Å². The van der Waals surface area contributed by atoms with Gasteiger partial charge in [0, 0.05) is 17.2 Å². The molecule has 1 aromatic carbocycles. The standard InChI is InChI=1S/C12H8BrCl2FN2/c13-8-4-11(12(15)18-6-8)17-5-7-1-2-9(14)10(16)3-7/h1-4,6,17H,5H2. The number of pyridine rings is 1. The second-order valence-corrected chi connectivity index (χ2v) is 5.27. The molecular weight excluding hydrogens is 342 g/mol. The molecule has 0 aliphatic heterocycles. The summed E-state index contributed by atoms with van der Waals surface area (Å²) in [7, 11) is 0. The number of aromatic nitrogens is 1. The lowest BCUT2D eigenvalue weighted by atomic mass is 10.2. The van der Waals surface area contributed by atoms with Crippen LogP contribution >= 0.6 is 39.1 Å². The predicted molar refractivity (Wildman–Crippen MR) is 75.7 cm³/mol. The van der Waals surface area contributed by atoms with Crippen molar-refractivity contribution in [3.8, 4) is 0 Å². The summed E-state index contributed by atoms with van der Waals surface area (Å²) in [5.74, 6) is -0.436. The van der Waals surface area contributed by atoms with E-state index in [0.29, 0.717) is 17.4 Å². The molecule has 94 valence electrons. The SMILES string of the molecule is Fc1cc(CNc2cc(Br)cnc2Cl)ccc1Cl. The molecule has 2 nitrogen and oxygen atoms in total. The largest absolute Gasteiger partial charge is 0.378 e. The number of nitrogens with one attached hydrogen (secondary N) is 1. The van der Waals surface area contributed by atoms with Gasteiger partial charge in [0.2, 0.25) is 0 Å². The molecule has 0 fully saturated rings. The molecule has 0 spiro atoms. The van der Waals surface area contributed by atoms with Crippen LogP contribution in [0.2, 0.25) is 10.2 Å². The summed E-state index contributed by atoms with van der Waals surface area (Å²) >= 11 is 14.8. The Morgan fingerprint density at radius 3 is 2.78 bits per heavy atom. The topological polar surface area (TPSA) is 24.9 Å². The highest BCUT2D eigenvalue weighted by molar-refractivity contribution is 9.10. The third-order valence-corrected chi connectivity index (χ3v) is 3.31. The van der Waals surface area contributed by atoms with E-state index in [-0.39, 0.29) is 5.02 Å². The average molecular weight is 350 g/mol. The van der Waals surface area contributed by atoms with Crippen LogP contribution in [0.3, 0.4) is 0 Å². The van der Waals surface area contributed by atoms with Gasteiger partial charge in [0.05, 0.1) is 10.7 Å². The summed E-state index contributed by atoms with van der Waals surface area (Å²) < 4.78 is 14.1. The Bertz CT molecular complexity index is 578. The van der Waals surface area contributed by atoms with Crippen LogP contribution in [-0.4, -0.2) is 4.98 Å². The molecule has 1 heterocycles. The van der Waals surface area contributed by atoms with Crippen LogP contribution in [-0.2, 0) is 6.54 Å². The summed E-state index contributed by atoms with van der Waals surface area (Å²) in [6.45, 7) is 0.436. The van der Waals surface area contributed by atoms with Crippen molar-refractivity contribution in [2.45, 2.75) is 6.54 Å². The number of nitrogens with zero attached hydrogens (tertiary/aromatic N) is 1. The van der Waals surface area contributed by atoms with Gasteiger partial charge in [-0.05, 0) is 39.7 Å². The van der Waals surface area contributed by atoms with E-state index < -0.39 is 5.82 Å². The van der Waals surface area contributed by atoms with E-state index in [1.807, 2.05) is 6.07 Å². The number of hydrogen-bond acceptors (Lipinski definition) is 2. The Hall–Kier alpha value is -0.840. The first-order valence-electron chi connectivity index (χ1n) is 5.05. The van der Waals surface area contributed by atoms with Gasteiger partial charge in [-0.1, -0.05) is 29.3 Å². The molecule has 0 aliphatic carbocycles. The maximum absolute atomic E-state index is 13.2. The maximum Gasteiger partial charge on any atom is 0.152 e. The zero-order valence-corrected chi connectivity index (χ0v) is 12.2. The first-order valence-corrected chi connectivity index (χ1v) is 6.60. The van der Waals surface area contributed by atoms with Crippen LogP contribution in [0.4, 0.5) is 10.1 Å². The monoisotopic (exact) mass is 348 g/mol. The van der Waals surface area contributed by atoms with Gasteiger partial charge >= 0.3 is 0 Å². The molecule has 0 saturated carbocycles. The lowest BCUT2D eigenvalue weighted by molar-refractivity contribution is 0.626. The van der Waals surface area contributed by atoms with Gasteiger partial charge < -0.3 is 5.32 Å². The molecule has 0 radical (unpaired) electrons. The van der Waals surface area contributed by atoms with Crippen molar-refractivity contribution in [1.29, 1.82) is 0 Å². The van der Waals surface area contributed by atoms with Crippen molar-refractivity contribution in [2.24, 2.45) is 0 Å². The molecule has 0 amide bonds. The van der Waals surface area contributed by atoms with Crippen molar-refractivity contribution in [3.63, 3.8) is 0 Å². The fourth-order valence-electron chi connectivity index (χ4n) is 1.39. The molecule has 0 saturated heterocycles. The average Bonchev–Trinajstić information content (AvgIpc) is 2.34. The quantitative estimate of drug-likeness (QED) is 0.797. The third-order valence-electron chi connectivity index (χ3n) is 2.27. The second-order valence-electron chi connectivity index (χ2n) is 3.59. The van der Waals surface area contributed by atoms with Crippen LogP contribution in [0.15, 0.2) is 34.9 Å². The molecule has 1 aromatic heterocycles. The van der Waals surface area contributed by atoms with Crippen molar-refractivity contribution in [3.05, 3.63) is 56.5 Å². The lowest BCUT2D eigenvalue weighted by Crippen LogP contribution is -2.01. The predicted octanol–water partition coefficient (Wildman–Crippen LogP) is 4.90. The Morgan fingerprint density at radius 2 is 2.06 bits per heavy atom. The molecule has 6 heteroatoms. The third kappa shape index (κ3) is 3.34. The molecule has 18 heavy (non-hydrogen) atoms. The minimum atomic E-state index is -0.436. The van der Waals surface area contributed by atoms with Crippen LogP contribution < -0.4 is 5.32 Å². The lowest BCUT2D eigenvalue weighted by Gasteiger charge is -2.08. The van der Waals surface area contributed by atoms with Gasteiger partial charge in [-0.3, -0.25) is 0 Å². The van der Waals surface area contributed by atoms with Crippen molar-refractivity contribution in [2.75, 3.05) is 5.32 Å². The van der Waals surface area contributed by atoms with Gasteiger partial charge in [0.15, 0.2) is 5.15 Å². The van der Waals surface area contributed by atoms with Crippen molar-refractivity contribution >= 4 is 44.8 Å². The summed E-state index contributed by atoms with van der Waals surface area (Å²) in [6, 6.07) is 6.46. The van der Waals surface area contributed by atoms with Gasteiger partial charge in [0.1, 0.15) is 5.82 Å². The number of benzene rings is 1. The second kappa shape index (κ2) is 5.87. The summed E-state index contributed by atoms with van der Waals surface area (Å²) in [6.07, 6.45) is 1.61. The number of rotatable bonds is 3. The molecule has 1 N–H and O–H groups in total. The maximum atomic E-state index is 13.2. The zero-order valence-electron chi connectivity index (χ0n) is 9.05. The van der Waals surface area contributed by atoms with Crippen LogP contribution in [0.5, 0.6) is 0 Å². The van der Waals surface area contributed by atoms with Gasteiger partial charge in [-0.25, -0.2) is 9.37 Å². The number of anilines is 1. The molecule has 0 bridgehead atoms. The van der Waals surface area contributed by atoms with E-state index in [0.717, 1.165) is 10.0 Å². The highest BCUT2D eigenvalue weighted by Gasteiger charge is 2.04. The Kier molecular flexibility index (Phi) is 4.43. The van der Waals surface area contributed by atoms with Crippen LogP contribution in [0.25, 0.3) is 0 Å². The first-order chi connectivity index (χ1) is 8.56. The summed E-state index contributed by atoms with van der Waals surface area (Å²) in [5.41, 5.74) is 1.45. The first kappa shape index (κ1) is 13.6. The molecular formula is C12H8BrCl2FN2. The van der Waals surface area contributed by atoms with Gasteiger partial charge in [0.25, 0.3) is 0 Å². The minimum absolute atomic E-state index is 0.112. The Labute approximate surface area is 122 Å². The van der Waals surface area contributed by atoms with E-state index in [1.165, 1.54) is 12.1 Å². The van der Waals surface area contributed by atoms with Gasteiger partial charge in [-0.2, -0.15) is 0 Å². The van der Waals surface area contributed by atoms with Gasteiger partial charge in [-0.15, -0.1) is 0 Å². The van der Waals surface area contributed by atoms with Crippen LogP contribution in [0, 0.1) is 5.82 Å². The molecule has 2 aromatic rings. The normalized spacial score (nSPS) is 10.4. The fourth-order valence-corrected chi connectivity index (χ4v) is 2.01. The highest BCUT2D eigenvalue weighted by atomic mass is 79.9. The smallest absolute Gasteiger partial charge is 0.152 e. The van der Waals surface area contributed by atoms with E-state index in [1.54, 1.807) is 12.3 Å². The van der Waals surface area contributed by atoms with Crippen molar-refractivity contribution in [1.82, 2.24) is 4.98 Å². The fraction of sp³-hybridized carbons (Fsp3) is 0.0833. The number of halogens is 4. The zero-order chi connectivity index (χ0) is 13.1. The Balaban J connectivity index is 2.11. The molecule has 2 rings (SSSR count).